The molecule has 0 spiro atoms. The van der Waals surface area contributed by atoms with Crippen molar-refractivity contribution in [3.05, 3.63) is 55.1 Å². The fourth-order valence-corrected chi connectivity index (χ4v) is 4.34. The molecule has 5 rings (SSSR count). The molecule has 0 saturated carbocycles. The summed E-state index contributed by atoms with van der Waals surface area (Å²) in [7, 11) is -1.96. The zero-order valence-corrected chi connectivity index (χ0v) is 19.7. The third-order valence-corrected chi connectivity index (χ3v) is 5.84. The maximum atomic E-state index is 11.7. The molecule has 0 fully saturated rings. The number of nitrogens with one attached hydrogen (secondary N) is 2. The zero-order valence-electron chi connectivity index (χ0n) is 18.9. The first-order valence-corrected chi connectivity index (χ1v) is 12.5. The summed E-state index contributed by atoms with van der Waals surface area (Å²) in [5, 5.41) is 22.2. The Kier molecular flexibility index (Phi) is 5.70. The van der Waals surface area contributed by atoms with E-state index in [0.717, 1.165) is 17.2 Å². The van der Waals surface area contributed by atoms with Gasteiger partial charge in [0.05, 0.1) is 54.0 Å². The maximum Gasteiger partial charge on any atom is 0.229 e. The van der Waals surface area contributed by atoms with Crippen LogP contribution in [-0.2, 0) is 10.0 Å². The van der Waals surface area contributed by atoms with Crippen molar-refractivity contribution in [2.24, 2.45) is 0 Å². The van der Waals surface area contributed by atoms with Crippen molar-refractivity contribution in [2.45, 2.75) is 0 Å². The molecule has 35 heavy (non-hydrogen) atoms. The van der Waals surface area contributed by atoms with Crippen LogP contribution in [0.5, 0.6) is 5.75 Å². The maximum absolute atomic E-state index is 11.7. The van der Waals surface area contributed by atoms with E-state index >= 15 is 0 Å². The number of hydrogen-bond donors (Lipinski definition) is 3. The first-order valence-electron chi connectivity index (χ1n) is 10.6. The smallest absolute Gasteiger partial charge is 0.229 e. The van der Waals surface area contributed by atoms with Crippen molar-refractivity contribution in [2.75, 3.05) is 36.6 Å². The zero-order chi connectivity index (χ0) is 24.6. The molecular formula is C22H22N8O4S. The Labute approximate surface area is 200 Å². The van der Waals surface area contributed by atoms with Gasteiger partial charge in [-0.05, 0) is 24.3 Å². The van der Waals surface area contributed by atoms with Gasteiger partial charge in [0, 0.05) is 31.2 Å². The summed E-state index contributed by atoms with van der Waals surface area (Å²) in [6.45, 7) is 0.239. The van der Waals surface area contributed by atoms with Crippen LogP contribution in [0.1, 0.15) is 0 Å². The molecule has 1 aromatic carbocycles. The minimum Gasteiger partial charge on any atom is -0.494 e. The number of ether oxygens (including phenoxy) is 1. The van der Waals surface area contributed by atoms with E-state index in [4.69, 9.17) is 9.84 Å². The summed E-state index contributed by atoms with van der Waals surface area (Å²) in [4.78, 5) is 9.03. The van der Waals surface area contributed by atoms with Crippen molar-refractivity contribution in [3.63, 3.8) is 0 Å². The molecule has 180 valence electrons. The van der Waals surface area contributed by atoms with Gasteiger partial charge in [-0.3, -0.25) is 9.71 Å². The molecule has 0 aliphatic rings. The molecular weight excluding hydrogens is 472 g/mol. The summed E-state index contributed by atoms with van der Waals surface area (Å²) in [5.41, 5.74) is 3.73. The number of benzene rings is 1. The Morgan fingerprint density at radius 1 is 1.17 bits per heavy atom. The van der Waals surface area contributed by atoms with Crippen molar-refractivity contribution < 1.29 is 18.3 Å². The largest absolute Gasteiger partial charge is 0.494 e. The molecule has 3 N–H and O–H groups in total. The molecule has 5 aromatic rings. The van der Waals surface area contributed by atoms with Crippen LogP contribution in [0.4, 0.5) is 11.5 Å². The van der Waals surface area contributed by atoms with Gasteiger partial charge in [-0.1, -0.05) is 0 Å². The fourth-order valence-electron chi connectivity index (χ4n) is 3.78. The monoisotopic (exact) mass is 494 g/mol. The van der Waals surface area contributed by atoms with Gasteiger partial charge in [0.25, 0.3) is 0 Å². The number of hydrogen-bond acceptors (Lipinski definition) is 9. The number of nitrogens with zero attached hydrogens (tertiary/aromatic N) is 6. The molecule has 4 heterocycles. The van der Waals surface area contributed by atoms with E-state index in [-0.39, 0.29) is 6.61 Å². The van der Waals surface area contributed by atoms with Crippen LogP contribution >= 0.6 is 0 Å². The predicted octanol–water partition coefficient (Wildman–Crippen LogP) is 1.91. The molecule has 0 bridgehead atoms. The van der Waals surface area contributed by atoms with Crippen molar-refractivity contribution >= 4 is 38.1 Å². The molecule has 4 aromatic heterocycles. The number of fused-ring (bicyclic) bond motifs is 2. The highest BCUT2D eigenvalue weighted by molar-refractivity contribution is 7.92. The van der Waals surface area contributed by atoms with Crippen molar-refractivity contribution in [3.8, 4) is 22.7 Å². The number of sulfonamides is 1. The lowest BCUT2D eigenvalue weighted by Crippen LogP contribution is -2.10. The van der Waals surface area contributed by atoms with Crippen LogP contribution in [0.3, 0.4) is 0 Å². The highest BCUT2D eigenvalue weighted by Gasteiger charge is 2.19. The number of aliphatic hydroxyl groups is 1. The van der Waals surface area contributed by atoms with Crippen LogP contribution in [0.25, 0.3) is 33.5 Å². The standard InChI is InChI=1S/C22H22N8O4S/c1-34-20-10-14(28-35(2,32)33)4-5-18(20)30-19-11-17(15-13-26-29-8-3-6-24-22(15)29)25-12-16(19)21(27-30)23-7-9-31/h3-6,8,10-13,28,31H,7,9H2,1-2H3,(H,23,27). The molecule has 0 saturated heterocycles. The number of aliphatic hydroxyl groups excluding tert-OH is 1. The normalized spacial score (nSPS) is 11.7. The average molecular weight is 495 g/mol. The molecule has 0 amide bonds. The average Bonchev–Trinajstić information content (AvgIpc) is 3.43. The van der Waals surface area contributed by atoms with Crippen LogP contribution in [0, 0.1) is 0 Å². The number of anilines is 2. The van der Waals surface area contributed by atoms with Crippen LogP contribution < -0.4 is 14.8 Å². The first-order chi connectivity index (χ1) is 16.9. The first kappa shape index (κ1) is 22.6. The number of methoxy groups -OCH3 is 1. The van der Waals surface area contributed by atoms with E-state index in [1.165, 1.54) is 7.11 Å². The van der Waals surface area contributed by atoms with E-state index in [0.29, 0.717) is 46.3 Å². The Hall–Kier alpha value is -4.23. The van der Waals surface area contributed by atoms with Crippen LogP contribution in [-0.4, -0.2) is 69.4 Å². The lowest BCUT2D eigenvalue weighted by atomic mass is 10.2. The third kappa shape index (κ3) is 4.34. The minimum atomic E-state index is -3.45. The Morgan fingerprint density at radius 3 is 2.80 bits per heavy atom. The Bertz CT molecular complexity index is 1640. The van der Waals surface area contributed by atoms with Gasteiger partial charge in [-0.25, -0.2) is 22.6 Å². The van der Waals surface area contributed by atoms with E-state index in [2.05, 4.69) is 25.1 Å². The van der Waals surface area contributed by atoms with Crippen molar-refractivity contribution in [1.29, 1.82) is 0 Å². The molecule has 13 heteroatoms. The Balaban J connectivity index is 1.69. The molecule has 0 radical (unpaired) electrons. The second-order valence-corrected chi connectivity index (χ2v) is 9.45. The summed E-state index contributed by atoms with van der Waals surface area (Å²) in [5.74, 6) is 0.944. The summed E-state index contributed by atoms with van der Waals surface area (Å²) in [6.07, 6.45) is 7.98. The van der Waals surface area contributed by atoms with Gasteiger partial charge in [0.15, 0.2) is 11.5 Å². The van der Waals surface area contributed by atoms with Crippen LogP contribution in [0.2, 0.25) is 0 Å². The van der Waals surface area contributed by atoms with E-state index in [1.54, 1.807) is 52.1 Å². The number of rotatable bonds is 8. The quantitative estimate of drug-likeness (QED) is 0.294. The second kappa shape index (κ2) is 8.85. The highest BCUT2D eigenvalue weighted by Crippen LogP contribution is 2.34. The lowest BCUT2D eigenvalue weighted by Gasteiger charge is -2.12. The van der Waals surface area contributed by atoms with E-state index in [1.807, 2.05) is 12.3 Å². The summed E-state index contributed by atoms with van der Waals surface area (Å²) >= 11 is 0. The highest BCUT2D eigenvalue weighted by atomic mass is 32.2. The van der Waals surface area contributed by atoms with Gasteiger partial charge in [0.1, 0.15) is 11.4 Å². The topological polar surface area (TPSA) is 149 Å². The SMILES string of the molecule is COc1cc(NS(C)(=O)=O)ccc1-n1nc(NCCO)c2cnc(-c3cnn4cccnc34)cc21. The lowest BCUT2D eigenvalue weighted by molar-refractivity contribution is 0.311. The predicted molar refractivity (Wildman–Crippen MR) is 131 cm³/mol. The summed E-state index contributed by atoms with van der Waals surface area (Å²) in [6, 6.07) is 8.60. The minimum absolute atomic E-state index is 0.0664. The van der Waals surface area contributed by atoms with Crippen LogP contribution in [0.15, 0.2) is 55.1 Å². The van der Waals surface area contributed by atoms with Gasteiger partial charge in [-0.15, -0.1) is 5.10 Å². The molecule has 0 aliphatic heterocycles. The molecule has 0 aliphatic carbocycles. The third-order valence-electron chi connectivity index (χ3n) is 5.24. The number of aromatic nitrogens is 6. The van der Waals surface area contributed by atoms with Gasteiger partial charge < -0.3 is 15.2 Å². The Morgan fingerprint density at radius 2 is 2.03 bits per heavy atom. The van der Waals surface area contributed by atoms with Gasteiger partial charge in [0.2, 0.25) is 10.0 Å². The van der Waals surface area contributed by atoms with E-state index in [9.17, 15) is 13.5 Å². The molecule has 0 unspecified atom stereocenters. The number of pyridine rings is 1. The molecule has 0 atom stereocenters. The fraction of sp³-hybridized carbons (Fsp3) is 0.182. The van der Waals surface area contributed by atoms with Gasteiger partial charge >= 0.3 is 0 Å². The van der Waals surface area contributed by atoms with Crippen molar-refractivity contribution in [1.82, 2.24) is 29.4 Å². The van der Waals surface area contributed by atoms with E-state index < -0.39 is 10.0 Å². The summed E-state index contributed by atoms with van der Waals surface area (Å²) < 4.78 is 34.7. The second-order valence-electron chi connectivity index (χ2n) is 7.70. The van der Waals surface area contributed by atoms with Gasteiger partial charge in [-0.2, -0.15) is 5.10 Å². The molecule has 12 nitrogen and oxygen atoms in total.